The molecule has 9 nitrogen and oxygen atoms in total. The fraction of sp³-hybridized carbons (Fsp3) is 0.250. The van der Waals surface area contributed by atoms with Crippen LogP contribution in [0.4, 0.5) is 16.3 Å². The van der Waals surface area contributed by atoms with Crippen molar-refractivity contribution in [2.75, 3.05) is 11.2 Å². The lowest BCUT2D eigenvalue weighted by Gasteiger charge is -2.19. The van der Waals surface area contributed by atoms with Crippen LogP contribution < -0.4 is 16.6 Å². The smallest absolute Gasteiger partial charge is 0.426 e. The number of carbonyl (C=O) groups excluding carboxylic acids is 1. The molecular formula is C16H19N7O2. The minimum absolute atomic E-state index is 0.408. The van der Waals surface area contributed by atoms with Gasteiger partial charge in [0.1, 0.15) is 11.9 Å². The van der Waals surface area contributed by atoms with E-state index in [1.807, 2.05) is 12.1 Å². The molecule has 0 bridgehead atoms. The standard InChI is InChI=1S/C16H19N7O2/c1-16(2,3)25-15(24)22-21-13-12-8-20-23(14(12)19-9-18-13)11-6-4-5-10(17)7-11/h4-9H,17H2,1-3H3,(H,22,24)(H,18,19,21). The molecule has 2 aromatic heterocycles. The predicted molar refractivity (Wildman–Crippen MR) is 94.1 cm³/mol. The quantitative estimate of drug-likeness (QED) is 0.493. The Hall–Kier alpha value is -3.36. The summed E-state index contributed by atoms with van der Waals surface area (Å²) < 4.78 is 6.81. The Kier molecular flexibility index (Phi) is 4.14. The summed E-state index contributed by atoms with van der Waals surface area (Å²) in [5, 5.41) is 4.97. The van der Waals surface area contributed by atoms with Crippen LogP contribution in [-0.4, -0.2) is 31.4 Å². The fourth-order valence-electron chi connectivity index (χ4n) is 2.20. The number of aromatic nitrogens is 4. The van der Waals surface area contributed by atoms with Gasteiger partial charge in [0.2, 0.25) is 0 Å². The molecule has 3 rings (SSSR count). The molecule has 0 spiro atoms. The van der Waals surface area contributed by atoms with Crippen molar-refractivity contribution < 1.29 is 9.53 Å². The molecule has 0 fully saturated rings. The summed E-state index contributed by atoms with van der Waals surface area (Å²) in [6.07, 6.45) is 2.38. The van der Waals surface area contributed by atoms with Crippen molar-refractivity contribution in [3.8, 4) is 5.69 Å². The van der Waals surface area contributed by atoms with Gasteiger partial charge in [-0.3, -0.25) is 5.43 Å². The van der Waals surface area contributed by atoms with Gasteiger partial charge in [-0.15, -0.1) is 0 Å². The first-order valence-corrected chi connectivity index (χ1v) is 7.63. The number of fused-ring (bicyclic) bond motifs is 1. The second kappa shape index (κ2) is 6.27. The molecule has 1 amide bonds. The van der Waals surface area contributed by atoms with Gasteiger partial charge in [0.15, 0.2) is 11.5 Å². The number of hydrazine groups is 1. The molecule has 0 radical (unpaired) electrons. The Labute approximate surface area is 144 Å². The minimum Gasteiger partial charge on any atom is -0.443 e. The highest BCUT2D eigenvalue weighted by Gasteiger charge is 2.17. The summed E-state index contributed by atoms with van der Waals surface area (Å²) in [5.41, 5.74) is 12.4. The number of hydrogen-bond acceptors (Lipinski definition) is 7. The van der Waals surface area contributed by atoms with Crippen molar-refractivity contribution in [2.24, 2.45) is 0 Å². The molecule has 0 saturated heterocycles. The third kappa shape index (κ3) is 3.77. The zero-order chi connectivity index (χ0) is 18.0. The molecular weight excluding hydrogens is 322 g/mol. The van der Waals surface area contributed by atoms with Gasteiger partial charge in [-0.25, -0.2) is 24.9 Å². The van der Waals surface area contributed by atoms with Crippen LogP contribution in [0.3, 0.4) is 0 Å². The SMILES string of the molecule is CC(C)(C)OC(=O)NNc1ncnc2c1cnn2-c1cccc(N)c1. The summed E-state index contributed by atoms with van der Waals surface area (Å²) in [6.45, 7) is 5.35. The number of ether oxygens (including phenoxy) is 1. The number of nitrogens with zero attached hydrogens (tertiary/aromatic N) is 4. The maximum absolute atomic E-state index is 11.8. The molecule has 4 N–H and O–H groups in total. The first kappa shape index (κ1) is 16.5. The van der Waals surface area contributed by atoms with Crippen LogP contribution >= 0.6 is 0 Å². The molecule has 2 heterocycles. The van der Waals surface area contributed by atoms with Gasteiger partial charge >= 0.3 is 6.09 Å². The van der Waals surface area contributed by atoms with Crippen LogP contribution in [0.25, 0.3) is 16.7 Å². The van der Waals surface area contributed by atoms with Gasteiger partial charge in [0, 0.05) is 5.69 Å². The highest BCUT2D eigenvalue weighted by Crippen LogP contribution is 2.22. The van der Waals surface area contributed by atoms with Crippen LogP contribution in [-0.2, 0) is 4.74 Å². The second-order valence-corrected chi connectivity index (χ2v) is 6.36. The van der Waals surface area contributed by atoms with Crippen molar-refractivity contribution in [2.45, 2.75) is 26.4 Å². The van der Waals surface area contributed by atoms with E-state index in [0.717, 1.165) is 5.69 Å². The summed E-state index contributed by atoms with van der Waals surface area (Å²) in [5.74, 6) is 0.408. The summed E-state index contributed by atoms with van der Waals surface area (Å²) >= 11 is 0. The van der Waals surface area contributed by atoms with Crippen LogP contribution in [0.15, 0.2) is 36.8 Å². The Morgan fingerprint density at radius 1 is 1.28 bits per heavy atom. The molecule has 0 aliphatic carbocycles. The molecule has 25 heavy (non-hydrogen) atoms. The van der Waals surface area contributed by atoms with Crippen LogP contribution in [0, 0.1) is 0 Å². The number of nitrogens with one attached hydrogen (secondary N) is 2. The minimum atomic E-state index is -0.609. The topological polar surface area (TPSA) is 120 Å². The highest BCUT2D eigenvalue weighted by atomic mass is 16.6. The normalized spacial score (nSPS) is 11.3. The third-order valence-electron chi connectivity index (χ3n) is 3.16. The number of nitrogen functional groups attached to an aromatic ring is 1. The van der Waals surface area contributed by atoms with E-state index in [2.05, 4.69) is 25.9 Å². The first-order valence-electron chi connectivity index (χ1n) is 7.63. The van der Waals surface area contributed by atoms with Gasteiger partial charge in [-0.1, -0.05) is 6.07 Å². The molecule has 0 unspecified atom stereocenters. The predicted octanol–water partition coefficient (Wildman–Crippen LogP) is 2.25. The molecule has 0 aliphatic rings. The van der Waals surface area contributed by atoms with E-state index in [9.17, 15) is 4.79 Å². The van der Waals surface area contributed by atoms with Gasteiger partial charge in [0.25, 0.3) is 0 Å². The Balaban J connectivity index is 1.85. The Morgan fingerprint density at radius 2 is 2.08 bits per heavy atom. The molecule has 9 heteroatoms. The van der Waals surface area contributed by atoms with Crippen molar-refractivity contribution in [3.63, 3.8) is 0 Å². The van der Waals surface area contributed by atoms with Crippen LogP contribution in [0.5, 0.6) is 0 Å². The zero-order valence-corrected chi connectivity index (χ0v) is 14.1. The number of hydrogen-bond donors (Lipinski definition) is 3. The van der Waals surface area contributed by atoms with E-state index in [4.69, 9.17) is 10.5 Å². The number of nitrogens with two attached hydrogens (primary N) is 1. The highest BCUT2D eigenvalue weighted by molar-refractivity contribution is 5.87. The monoisotopic (exact) mass is 341 g/mol. The van der Waals surface area contributed by atoms with Crippen LogP contribution in [0.2, 0.25) is 0 Å². The van der Waals surface area contributed by atoms with E-state index in [0.29, 0.717) is 22.5 Å². The molecule has 0 atom stereocenters. The molecule has 0 aliphatic heterocycles. The lowest BCUT2D eigenvalue weighted by molar-refractivity contribution is 0.0541. The van der Waals surface area contributed by atoms with E-state index >= 15 is 0 Å². The van der Waals surface area contributed by atoms with Crippen LogP contribution in [0.1, 0.15) is 20.8 Å². The Bertz CT molecular complexity index is 914. The third-order valence-corrected chi connectivity index (χ3v) is 3.16. The number of benzene rings is 1. The maximum atomic E-state index is 11.8. The van der Waals surface area contributed by atoms with E-state index in [1.54, 1.807) is 43.8 Å². The van der Waals surface area contributed by atoms with Crippen molar-refractivity contribution >= 4 is 28.6 Å². The Morgan fingerprint density at radius 3 is 2.80 bits per heavy atom. The summed E-state index contributed by atoms with van der Waals surface area (Å²) in [7, 11) is 0. The number of rotatable bonds is 3. The first-order chi connectivity index (χ1) is 11.8. The van der Waals surface area contributed by atoms with Gasteiger partial charge < -0.3 is 10.5 Å². The van der Waals surface area contributed by atoms with Crippen molar-refractivity contribution in [3.05, 3.63) is 36.8 Å². The largest absolute Gasteiger partial charge is 0.443 e. The van der Waals surface area contributed by atoms with Crippen molar-refractivity contribution in [1.82, 2.24) is 25.2 Å². The van der Waals surface area contributed by atoms with Gasteiger partial charge in [-0.2, -0.15) is 5.10 Å². The maximum Gasteiger partial charge on any atom is 0.426 e. The van der Waals surface area contributed by atoms with Gasteiger partial charge in [-0.05, 0) is 39.0 Å². The van der Waals surface area contributed by atoms with Crippen molar-refractivity contribution in [1.29, 1.82) is 0 Å². The lowest BCUT2D eigenvalue weighted by atomic mass is 10.2. The lowest BCUT2D eigenvalue weighted by Crippen LogP contribution is -2.36. The second-order valence-electron chi connectivity index (χ2n) is 6.36. The number of amides is 1. The average Bonchev–Trinajstić information content (AvgIpc) is 2.96. The zero-order valence-electron chi connectivity index (χ0n) is 14.1. The molecule has 0 saturated carbocycles. The summed E-state index contributed by atoms with van der Waals surface area (Å²) in [4.78, 5) is 20.1. The average molecular weight is 341 g/mol. The number of anilines is 2. The molecule has 130 valence electrons. The van der Waals surface area contributed by atoms with E-state index in [1.165, 1.54) is 6.33 Å². The molecule has 3 aromatic rings. The van der Waals surface area contributed by atoms with Gasteiger partial charge in [0.05, 0.1) is 17.3 Å². The number of carbonyl (C=O) groups is 1. The molecule has 1 aromatic carbocycles. The van der Waals surface area contributed by atoms with E-state index < -0.39 is 11.7 Å². The summed E-state index contributed by atoms with van der Waals surface area (Å²) in [6, 6.07) is 7.29. The fourth-order valence-corrected chi connectivity index (χ4v) is 2.20. The van der Waals surface area contributed by atoms with E-state index in [-0.39, 0.29) is 0 Å².